The van der Waals surface area contributed by atoms with E-state index in [-0.39, 0.29) is 0 Å². The second-order valence-corrected chi connectivity index (χ2v) is 4.36. The maximum absolute atomic E-state index is 3.77. The molecule has 0 radical (unpaired) electrons. The maximum Gasteiger partial charge on any atom is -0.00126 e. The lowest BCUT2D eigenvalue weighted by atomic mass is 9.94. The van der Waals surface area contributed by atoms with E-state index in [0.717, 1.165) is 6.42 Å². The number of hydrogen-bond acceptors (Lipinski definition) is 0. The van der Waals surface area contributed by atoms with Crippen molar-refractivity contribution in [1.82, 2.24) is 0 Å². The van der Waals surface area contributed by atoms with Crippen molar-refractivity contribution in [2.45, 2.75) is 47.0 Å². The summed E-state index contributed by atoms with van der Waals surface area (Å²) < 4.78 is 0. The molecule has 0 fully saturated rings. The zero-order valence-corrected chi connectivity index (χ0v) is 9.98. The van der Waals surface area contributed by atoms with Crippen LogP contribution in [0.5, 0.6) is 0 Å². The summed E-state index contributed by atoms with van der Waals surface area (Å²) in [6.07, 6.45) is 5.65. The average molecular weight is 190 g/mol. The van der Waals surface area contributed by atoms with E-state index in [1.54, 1.807) is 16.7 Å². The quantitative estimate of drug-likeness (QED) is 0.447. The maximum atomic E-state index is 3.77. The molecule has 0 heteroatoms. The summed E-state index contributed by atoms with van der Waals surface area (Å²) in [5.41, 5.74) is 6.28. The number of hydrogen-bond donors (Lipinski definition) is 0. The molecule has 0 heterocycles. The molecule has 0 aliphatic heterocycles. The van der Waals surface area contributed by atoms with Crippen LogP contribution in [-0.4, -0.2) is 0 Å². The van der Waals surface area contributed by atoms with Gasteiger partial charge in [0.25, 0.3) is 0 Å². The smallest absolute Gasteiger partial charge is 0.00126 e. The fraction of sp³-hybridized carbons (Fsp3) is 0.571. The Balaban J connectivity index is 2.68. The summed E-state index contributed by atoms with van der Waals surface area (Å²) in [6.45, 7) is 12.9. The third-order valence-corrected chi connectivity index (χ3v) is 3.66. The van der Waals surface area contributed by atoms with Crippen LogP contribution in [0, 0.1) is 5.92 Å². The molecule has 1 aliphatic carbocycles. The lowest BCUT2D eigenvalue weighted by Gasteiger charge is -2.11. The molecule has 0 amide bonds. The first-order valence-electron chi connectivity index (χ1n) is 5.57. The van der Waals surface area contributed by atoms with E-state index in [9.17, 15) is 0 Å². The Morgan fingerprint density at radius 2 is 1.86 bits per heavy atom. The standard InChI is InChI=1S/C14H22/c1-6-7-8-9-14-12(4)10(2)11(3)13(14)5/h6,12H,1,7-9H2,2-5H3. The Morgan fingerprint density at radius 3 is 2.29 bits per heavy atom. The third kappa shape index (κ3) is 2.00. The van der Waals surface area contributed by atoms with Gasteiger partial charge in [-0.25, -0.2) is 0 Å². The van der Waals surface area contributed by atoms with Gasteiger partial charge in [-0.05, 0) is 57.1 Å². The minimum Gasteiger partial charge on any atom is -0.103 e. The molecule has 0 spiro atoms. The molecule has 0 nitrogen and oxygen atoms in total. The molecule has 0 aromatic heterocycles. The van der Waals surface area contributed by atoms with Crippen molar-refractivity contribution in [3.63, 3.8) is 0 Å². The van der Waals surface area contributed by atoms with Crippen molar-refractivity contribution in [3.05, 3.63) is 34.9 Å². The molecule has 78 valence electrons. The van der Waals surface area contributed by atoms with Gasteiger partial charge in [-0.15, -0.1) is 6.58 Å². The van der Waals surface area contributed by atoms with Crippen molar-refractivity contribution < 1.29 is 0 Å². The van der Waals surface area contributed by atoms with Crippen LogP contribution in [0.25, 0.3) is 0 Å². The topological polar surface area (TPSA) is 0 Å². The van der Waals surface area contributed by atoms with Gasteiger partial charge in [0.2, 0.25) is 0 Å². The van der Waals surface area contributed by atoms with E-state index in [4.69, 9.17) is 0 Å². The number of rotatable bonds is 4. The van der Waals surface area contributed by atoms with Crippen LogP contribution in [0.2, 0.25) is 0 Å². The molecule has 0 aromatic carbocycles. The van der Waals surface area contributed by atoms with Gasteiger partial charge in [0.15, 0.2) is 0 Å². The highest BCUT2D eigenvalue weighted by atomic mass is 14.3. The molecule has 0 saturated carbocycles. The van der Waals surface area contributed by atoms with E-state index in [1.807, 2.05) is 6.08 Å². The second kappa shape index (κ2) is 4.63. The molecule has 14 heavy (non-hydrogen) atoms. The highest BCUT2D eigenvalue weighted by Gasteiger charge is 2.22. The summed E-state index contributed by atoms with van der Waals surface area (Å²) in [4.78, 5) is 0. The van der Waals surface area contributed by atoms with Crippen LogP contribution in [0.3, 0.4) is 0 Å². The molecule has 0 N–H and O–H groups in total. The van der Waals surface area contributed by atoms with Crippen molar-refractivity contribution in [2.75, 3.05) is 0 Å². The van der Waals surface area contributed by atoms with Gasteiger partial charge in [0.05, 0.1) is 0 Å². The van der Waals surface area contributed by atoms with Gasteiger partial charge in [-0.2, -0.15) is 0 Å². The number of allylic oxidation sites excluding steroid dienone is 5. The molecule has 0 saturated heterocycles. The Hall–Kier alpha value is -0.780. The molecule has 1 atom stereocenters. The summed E-state index contributed by atoms with van der Waals surface area (Å²) in [5.74, 6) is 0.680. The molecular formula is C14H22. The van der Waals surface area contributed by atoms with Crippen molar-refractivity contribution in [1.29, 1.82) is 0 Å². The van der Waals surface area contributed by atoms with E-state index < -0.39 is 0 Å². The predicted molar refractivity (Wildman–Crippen MR) is 64.3 cm³/mol. The predicted octanol–water partition coefficient (Wildman–Crippen LogP) is 4.65. The Morgan fingerprint density at radius 1 is 1.21 bits per heavy atom. The lowest BCUT2D eigenvalue weighted by Crippen LogP contribution is -1.97. The van der Waals surface area contributed by atoms with Crippen LogP contribution >= 0.6 is 0 Å². The van der Waals surface area contributed by atoms with Crippen molar-refractivity contribution in [3.8, 4) is 0 Å². The van der Waals surface area contributed by atoms with Gasteiger partial charge in [0, 0.05) is 0 Å². The van der Waals surface area contributed by atoms with Gasteiger partial charge in [0.1, 0.15) is 0 Å². The van der Waals surface area contributed by atoms with Crippen LogP contribution in [0.4, 0.5) is 0 Å². The molecule has 1 aliphatic rings. The molecular weight excluding hydrogens is 168 g/mol. The van der Waals surface area contributed by atoms with Crippen LogP contribution in [-0.2, 0) is 0 Å². The third-order valence-electron chi connectivity index (χ3n) is 3.66. The fourth-order valence-electron chi connectivity index (χ4n) is 2.29. The Labute approximate surface area is 88.4 Å². The zero-order chi connectivity index (χ0) is 10.7. The molecule has 1 rings (SSSR count). The Kier molecular flexibility index (Phi) is 3.74. The molecule has 0 aromatic rings. The molecule has 0 bridgehead atoms. The minimum atomic E-state index is 0.680. The first-order chi connectivity index (χ1) is 6.59. The van der Waals surface area contributed by atoms with Crippen molar-refractivity contribution in [2.24, 2.45) is 5.92 Å². The van der Waals surface area contributed by atoms with Gasteiger partial charge >= 0.3 is 0 Å². The van der Waals surface area contributed by atoms with E-state index in [1.165, 1.54) is 18.4 Å². The van der Waals surface area contributed by atoms with Gasteiger partial charge in [-0.1, -0.05) is 24.1 Å². The highest BCUT2D eigenvalue weighted by molar-refractivity contribution is 5.46. The highest BCUT2D eigenvalue weighted by Crippen LogP contribution is 2.38. The monoisotopic (exact) mass is 190 g/mol. The zero-order valence-electron chi connectivity index (χ0n) is 9.98. The fourth-order valence-corrected chi connectivity index (χ4v) is 2.29. The van der Waals surface area contributed by atoms with E-state index >= 15 is 0 Å². The van der Waals surface area contributed by atoms with Crippen LogP contribution in [0.15, 0.2) is 34.9 Å². The Bertz CT molecular complexity index is 289. The van der Waals surface area contributed by atoms with Crippen molar-refractivity contribution >= 4 is 0 Å². The SMILES string of the molecule is C=CCCCC1=C(C)C(C)=C(C)C1C. The van der Waals surface area contributed by atoms with Crippen LogP contribution < -0.4 is 0 Å². The van der Waals surface area contributed by atoms with Gasteiger partial charge in [-0.3, -0.25) is 0 Å². The van der Waals surface area contributed by atoms with E-state index in [0.29, 0.717) is 5.92 Å². The van der Waals surface area contributed by atoms with Crippen LogP contribution in [0.1, 0.15) is 47.0 Å². The minimum absolute atomic E-state index is 0.680. The first kappa shape index (κ1) is 11.3. The molecule has 1 unspecified atom stereocenters. The lowest BCUT2D eigenvalue weighted by molar-refractivity contribution is 0.715. The second-order valence-electron chi connectivity index (χ2n) is 4.36. The average Bonchev–Trinajstić information content (AvgIpc) is 2.35. The summed E-state index contributed by atoms with van der Waals surface area (Å²) in [6, 6.07) is 0. The largest absolute Gasteiger partial charge is 0.103 e. The summed E-state index contributed by atoms with van der Waals surface area (Å²) in [7, 11) is 0. The van der Waals surface area contributed by atoms with Gasteiger partial charge < -0.3 is 0 Å². The summed E-state index contributed by atoms with van der Waals surface area (Å²) in [5, 5.41) is 0. The first-order valence-corrected chi connectivity index (χ1v) is 5.57. The normalized spacial score (nSPS) is 22.1. The summed E-state index contributed by atoms with van der Waals surface area (Å²) >= 11 is 0. The number of unbranched alkanes of at least 4 members (excludes halogenated alkanes) is 1. The van der Waals surface area contributed by atoms with E-state index in [2.05, 4.69) is 34.3 Å².